The smallest absolute Gasteiger partial charge is 0.191 e. The number of rotatable bonds is 7. The van der Waals surface area contributed by atoms with E-state index in [4.69, 9.17) is 9.73 Å². The summed E-state index contributed by atoms with van der Waals surface area (Å²) in [6.45, 7) is 7.45. The summed E-state index contributed by atoms with van der Waals surface area (Å²) in [5, 5.41) is 6.77. The van der Waals surface area contributed by atoms with E-state index >= 15 is 0 Å². The first-order valence-corrected chi connectivity index (χ1v) is 10.8. The molecule has 4 rings (SSSR count). The molecule has 0 aliphatic carbocycles. The van der Waals surface area contributed by atoms with Gasteiger partial charge in [0.05, 0.1) is 13.2 Å². The molecule has 0 atom stereocenters. The number of anilines is 1. The van der Waals surface area contributed by atoms with Crippen LogP contribution in [0.3, 0.4) is 0 Å². The molecule has 6 nitrogen and oxygen atoms in total. The number of hydrogen-bond acceptors (Lipinski definition) is 4. The van der Waals surface area contributed by atoms with Crippen LogP contribution in [-0.4, -0.2) is 43.7 Å². The number of aromatic nitrogens is 1. The second-order valence-corrected chi connectivity index (χ2v) is 7.63. The minimum Gasteiger partial charge on any atom is -0.493 e. The summed E-state index contributed by atoms with van der Waals surface area (Å²) in [6, 6.07) is 10.8. The van der Waals surface area contributed by atoms with Gasteiger partial charge in [-0.1, -0.05) is 18.2 Å². The van der Waals surface area contributed by atoms with Crippen molar-refractivity contribution in [2.75, 3.05) is 37.7 Å². The molecule has 1 aromatic heterocycles. The zero-order valence-corrected chi connectivity index (χ0v) is 20.0. The van der Waals surface area contributed by atoms with Crippen molar-refractivity contribution in [1.82, 2.24) is 15.6 Å². The number of pyridine rings is 1. The normalized spacial score (nSPS) is 15.4. The molecule has 2 N–H and O–H groups in total. The fraction of sp³-hybridized carbons (Fsp3) is 0.478. The van der Waals surface area contributed by atoms with Crippen molar-refractivity contribution in [1.29, 1.82) is 0 Å². The summed E-state index contributed by atoms with van der Waals surface area (Å²) in [4.78, 5) is 11.7. The standard InChI is InChI=1S/C23H31N5O.HI/c1-2-24-23(25-11-9-18-5-7-21-20(15-18)10-14-29-21)27-17-19-6-8-22(26-16-19)28-12-3-4-13-28;/h5-8,15-16H,2-4,9-14,17H2,1H3,(H2,24,25,27);1H. The van der Waals surface area contributed by atoms with Crippen molar-refractivity contribution in [2.24, 2.45) is 4.99 Å². The first-order valence-electron chi connectivity index (χ1n) is 10.8. The SMILES string of the molecule is CCNC(=NCc1ccc(N2CCCC2)nc1)NCCc1ccc2c(c1)CCO2.I. The first-order chi connectivity index (χ1) is 14.3. The summed E-state index contributed by atoms with van der Waals surface area (Å²) < 4.78 is 5.59. The molecule has 1 aromatic carbocycles. The minimum atomic E-state index is 0. The Hall–Kier alpha value is -2.03. The van der Waals surface area contributed by atoms with E-state index in [9.17, 15) is 0 Å². The van der Waals surface area contributed by atoms with Gasteiger partial charge in [0.1, 0.15) is 11.6 Å². The van der Waals surface area contributed by atoms with Crippen LogP contribution >= 0.6 is 24.0 Å². The minimum absolute atomic E-state index is 0. The third-order valence-corrected chi connectivity index (χ3v) is 5.46. The summed E-state index contributed by atoms with van der Waals surface area (Å²) in [7, 11) is 0. The zero-order valence-electron chi connectivity index (χ0n) is 17.7. The van der Waals surface area contributed by atoms with Gasteiger partial charge in [0.25, 0.3) is 0 Å². The Kier molecular flexibility index (Phi) is 8.60. The van der Waals surface area contributed by atoms with Crippen molar-refractivity contribution in [3.05, 3.63) is 53.2 Å². The number of hydrogen-bond donors (Lipinski definition) is 2. The van der Waals surface area contributed by atoms with Gasteiger partial charge >= 0.3 is 0 Å². The highest BCUT2D eigenvalue weighted by atomic mass is 127. The van der Waals surface area contributed by atoms with Gasteiger partial charge in [-0.25, -0.2) is 9.98 Å². The van der Waals surface area contributed by atoms with Crippen LogP contribution in [0.15, 0.2) is 41.5 Å². The lowest BCUT2D eigenvalue weighted by molar-refractivity contribution is 0.357. The van der Waals surface area contributed by atoms with Crippen LogP contribution in [0.4, 0.5) is 5.82 Å². The van der Waals surface area contributed by atoms with Gasteiger partial charge in [-0.3, -0.25) is 0 Å². The maximum Gasteiger partial charge on any atom is 0.191 e. The number of benzene rings is 1. The van der Waals surface area contributed by atoms with Gasteiger partial charge in [0.15, 0.2) is 5.96 Å². The third kappa shape index (κ3) is 6.00. The van der Waals surface area contributed by atoms with Crippen molar-refractivity contribution in [3.63, 3.8) is 0 Å². The predicted molar refractivity (Wildman–Crippen MR) is 133 cm³/mol. The zero-order chi connectivity index (χ0) is 19.9. The Morgan fingerprint density at radius 1 is 1.13 bits per heavy atom. The van der Waals surface area contributed by atoms with Crippen molar-refractivity contribution in [2.45, 2.75) is 39.2 Å². The number of nitrogens with one attached hydrogen (secondary N) is 2. The van der Waals surface area contributed by atoms with Gasteiger partial charge in [0, 0.05) is 38.8 Å². The van der Waals surface area contributed by atoms with Crippen LogP contribution in [0.25, 0.3) is 0 Å². The molecule has 1 saturated heterocycles. The lowest BCUT2D eigenvalue weighted by atomic mass is 10.1. The van der Waals surface area contributed by atoms with E-state index < -0.39 is 0 Å². The number of halogens is 1. The molecule has 7 heteroatoms. The van der Waals surface area contributed by atoms with Crippen LogP contribution in [0, 0.1) is 0 Å². The fourth-order valence-corrected chi connectivity index (χ4v) is 3.88. The Morgan fingerprint density at radius 3 is 2.73 bits per heavy atom. The maximum absolute atomic E-state index is 5.59. The van der Waals surface area contributed by atoms with Crippen molar-refractivity contribution < 1.29 is 4.74 Å². The molecule has 162 valence electrons. The Balaban J connectivity index is 0.00000256. The molecule has 2 aromatic rings. The number of ether oxygens (including phenoxy) is 1. The first kappa shape index (κ1) is 22.7. The Morgan fingerprint density at radius 2 is 1.97 bits per heavy atom. The number of guanidine groups is 1. The van der Waals surface area contributed by atoms with E-state index in [0.717, 1.165) is 68.7 Å². The van der Waals surface area contributed by atoms with Crippen LogP contribution in [0.2, 0.25) is 0 Å². The molecule has 0 spiro atoms. The molecule has 3 heterocycles. The van der Waals surface area contributed by atoms with E-state index in [1.54, 1.807) is 0 Å². The van der Waals surface area contributed by atoms with Crippen LogP contribution in [0.1, 0.15) is 36.5 Å². The van der Waals surface area contributed by atoms with Gasteiger partial charge in [0.2, 0.25) is 0 Å². The monoisotopic (exact) mass is 521 g/mol. The third-order valence-electron chi connectivity index (χ3n) is 5.46. The average Bonchev–Trinajstić information content (AvgIpc) is 3.44. The Labute approximate surface area is 196 Å². The largest absolute Gasteiger partial charge is 0.493 e. The van der Waals surface area contributed by atoms with Crippen LogP contribution < -0.4 is 20.3 Å². The topological polar surface area (TPSA) is 61.8 Å². The quantitative estimate of drug-likeness (QED) is 0.332. The fourth-order valence-electron chi connectivity index (χ4n) is 3.88. The molecule has 1 fully saturated rings. The average molecular weight is 521 g/mol. The van der Waals surface area contributed by atoms with Crippen LogP contribution in [-0.2, 0) is 19.4 Å². The molecule has 30 heavy (non-hydrogen) atoms. The summed E-state index contributed by atoms with van der Waals surface area (Å²) in [5.74, 6) is 2.97. The highest BCUT2D eigenvalue weighted by Crippen LogP contribution is 2.25. The van der Waals surface area contributed by atoms with Crippen molar-refractivity contribution >= 4 is 35.8 Å². The molecule has 0 unspecified atom stereocenters. The van der Waals surface area contributed by atoms with Gasteiger partial charge in [-0.05, 0) is 55.0 Å². The number of fused-ring (bicyclic) bond motifs is 1. The van der Waals surface area contributed by atoms with E-state index in [-0.39, 0.29) is 24.0 Å². The number of aliphatic imine (C=N–C) groups is 1. The number of nitrogens with zero attached hydrogens (tertiary/aromatic N) is 3. The van der Waals surface area contributed by atoms with Crippen molar-refractivity contribution in [3.8, 4) is 5.75 Å². The molecular formula is C23H32IN5O. The summed E-state index contributed by atoms with van der Waals surface area (Å²) in [6.07, 6.45) is 6.47. The van der Waals surface area contributed by atoms with Crippen LogP contribution in [0.5, 0.6) is 5.75 Å². The molecule has 0 bridgehead atoms. The molecule has 2 aliphatic heterocycles. The van der Waals surface area contributed by atoms with Gasteiger partial charge < -0.3 is 20.3 Å². The van der Waals surface area contributed by atoms with E-state index in [1.165, 1.54) is 24.0 Å². The molecule has 0 amide bonds. The summed E-state index contributed by atoms with van der Waals surface area (Å²) in [5.41, 5.74) is 3.79. The molecule has 2 aliphatic rings. The molecule has 0 saturated carbocycles. The maximum atomic E-state index is 5.59. The summed E-state index contributed by atoms with van der Waals surface area (Å²) >= 11 is 0. The lowest BCUT2D eigenvalue weighted by Crippen LogP contribution is -2.38. The second kappa shape index (κ2) is 11.4. The van der Waals surface area contributed by atoms with E-state index in [2.05, 4.69) is 57.8 Å². The molecular weight excluding hydrogens is 489 g/mol. The lowest BCUT2D eigenvalue weighted by Gasteiger charge is -2.16. The Bertz CT molecular complexity index is 834. The highest BCUT2D eigenvalue weighted by Gasteiger charge is 2.13. The van der Waals surface area contributed by atoms with E-state index in [0.29, 0.717) is 6.54 Å². The predicted octanol–water partition coefficient (Wildman–Crippen LogP) is 3.53. The highest BCUT2D eigenvalue weighted by molar-refractivity contribution is 14.0. The van der Waals surface area contributed by atoms with Gasteiger partial charge in [-0.15, -0.1) is 24.0 Å². The molecule has 0 radical (unpaired) electrons. The van der Waals surface area contributed by atoms with Gasteiger partial charge in [-0.2, -0.15) is 0 Å². The second-order valence-electron chi connectivity index (χ2n) is 7.63. The van der Waals surface area contributed by atoms with E-state index in [1.807, 2.05) is 6.20 Å².